The molecule has 0 bridgehead atoms. The molecular weight excluding hydrogens is 152 g/mol. The van der Waals surface area contributed by atoms with Crippen molar-refractivity contribution in [1.82, 2.24) is 4.98 Å². The first-order valence-electron chi connectivity index (χ1n) is 3.82. The number of rotatable bonds is 1. The van der Waals surface area contributed by atoms with Crippen molar-refractivity contribution in [3.63, 3.8) is 0 Å². The molecular formula is C9H10N2O. The first-order chi connectivity index (χ1) is 5.69. The molecule has 1 N–H and O–H groups in total. The van der Waals surface area contributed by atoms with Gasteiger partial charge < -0.3 is 4.98 Å². The molecule has 0 radical (unpaired) electrons. The van der Waals surface area contributed by atoms with Crippen LogP contribution < -0.4 is 5.56 Å². The molecule has 0 atom stereocenters. The predicted octanol–water partition coefficient (Wildman–Crippen LogP) is 1.12. The molecule has 1 heterocycles. The van der Waals surface area contributed by atoms with Crippen molar-refractivity contribution in [3.05, 3.63) is 33.2 Å². The highest BCUT2D eigenvalue weighted by Crippen LogP contribution is 2.02. The van der Waals surface area contributed by atoms with Gasteiger partial charge in [-0.1, -0.05) is 6.92 Å². The predicted molar refractivity (Wildman–Crippen MR) is 45.9 cm³/mol. The van der Waals surface area contributed by atoms with E-state index in [1.807, 2.05) is 19.1 Å². The molecule has 0 aromatic carbocycles. The molecule has 0 aliphatic carbocycles. The quantitative estimate of drug-likeness (QED) is 0.672. The molecule has 0 saturated heterocycles. The number of nitrogens with one attached hydrogen (secondary N) is 1. The Hall–Kier alpha value is -1.56. The van der Waals surface area contributed by atoms with E-state index >= 15 is 0 Å². The zero-order chi connectivity index (χ0) is 9.14. The number of hydrogen-bond donors (Lipinski definition) is 1. The fourth-order valence-electron chi connectivity index (χ4n) is 1.09. The van der Waals surface area contributed by atoms with Crippen LogP contribution in [0.1, 0.15) is 23.7 Å². The van der Waals surface area contributed by atoms with E-state index in [0.29, 0.717) is 0 Å². The maximum absolute atomic E-state index is 11.2. The summed E-state index contributed by atoms with van der Waals surface area (Å²) < 4.78 is 0. The Bertz CT molecular complexity index is 384. The Morgan fingerprint density at radius 3 is 2.75 bits per heavy atom. The van der Waals surface area contributed by atoms with Crippen LogP contribution in [0.25, 0.3) is 0 Å². The van der Waals surface area contributed by atoms with Gasteiger partial charge in [-0.05, 0) is 25.0 Å². The molecule has 3 nitrogen and oxygen atoms in total. The van der Waals surface area contributed by atoms with Gasteiger partial charge in [-0.15, -0.1) is 0 Å². The first-order valence-corrected chi connectivity index (χ1v) is 3.82. The molecule has 0 spiro atoms. The van der Waals surface area contributed by atoms with Gasteiger partial charge in [0.2, 0.25) is 0 Å². The summed E-state index contributed by atoms with van der Waals surface area (Å²) in [4.78, 5) is 13.8. The topological polar surface area (TPSA) is 56.6 Å². The Labute approximate surface area is 70.7 Å². The summed E-state index contributed by atoms with van der Waals surface area (Å²) in [6, 6.07) is 3.70. The second-order valence-electron chi connectivity index (χ2n) is 2.65. The minimum atomic E-state index is -0.283. The number of nitrogens with zero attached hydrogens (tertiary/aromatic N) is 1. The lowest BCUT2D eigenvalue weighted by molar-refractivity contribution is 0.996. The van der Waals surface area contributed by atoms with Crippen molar-refractivity contribution in [2.75, 3.05) is 0 Å². The lowest BCUT2D eigenvalue weighted by atomic mass is 10.1. The number of nitriles is 1. The molecule has 62 valence electrons. The maximum atomic E-state index is 11.2. The molecule has 0 saturated carbocycles. The van der Waals surface area contributed by atoms with Crippen molar-refractivity contribution in [3.8, 4) is 6.07 Å². The summed E-state index contributed by atoms with van der Waals surface area (Å²) in [7, 11) is 0. The zero-order valence-corrected chi connectivity index (χ0v) is 7.14. The Morgan fingerprint density at radius 2 is 2.33 bits per heavy atom. The summed E-state index contributed by atoms with van der Waals surface area (Å²) in [6.45, 7) is 3.73. The minimum Gasteiger partial charge on any atom is -0.325 e. The molecule has 0 aliphatic rings. The molecule has 1 aromatic rings. The van der Waals surface area contributed by atoms with Crippen LogP contribution in [0.15, 0.2) is 10.9 Å². The normalized spacial score (nSPS) is 9.42. The van der Waals surface area contributed by atoms with E-state index in [0.717, 1.165) is 17.7 Å². The average Bonchev–Trinajstić information content (AvgIpc) is 2.03. The molecule has 1 aromatic heterocycles. The van der Waals surface area contributed by atoms with E-state index < -0.39 is 0 Å². The van der Waals surface area contributed by atoms with Gasteiger partial charge in [-0.2, -0.15) is 5.26 Å². The van der Waals surface area contributed by atoms with Gasteiger partial charge in [0.05, 0.1) is 0 Å². The maximum Gasteiger partial charge on any atom is 0.266 e. The van der Waals surface area contributed by atoms with Gasteiger partial charge in [0.1, 0.15) is 11.6 Å². The number of aromatic nitrogens is 1. The van der Waals surface area contributed by atoms with Crippen LogP contribution in [0.2, 0.25) is 0 Å². The average molecular weight is 162 g/mol. The zero-order valence-electron chi connectivity index (χ0n) is 7.14. The second kappa shape index (κ2) is 3.22. The van der Waals surface area contributed by atoms with Crippen LogP contribution in [0, 0.1) is 18.3 Å². The molecule has 0 unspecified atom stereocenters. The second-order valence-corrected chi connectivity index (χ2v) is 2.65. The van der Waals surface area contributed by atoms with Crippen LogP contribution in [-0.4, -0.2) is 4.98 Å². The summed E-state index contributed by atoms with van der Waals surface area (Å²) in [5, 5.41) is 8.59. The smallest absolute Gasteiger partial charge is 0.266 e. The number of aryl methyl sites for hydroxylation is 2. The van der Waals surface area contributed by atoms with E-state index in [9.17, 15) is 4.79 Å². The van der Waals surface area contributed by atoms with Crippen LogP contribution in [0.3, 0.4) is 0 Å². The van der Waals surface area contributed by atoms with Crippen molar-refractivity contribution in [2.24, 2.45) is 0 Å². The SMILES string of the molecule is CCc1cc(C)c(C#N)c(=O)[nH]1. The lowest BCUT2D eigenvalue weighted by Gasteiger charge is -1.99. The number of aromatic amines is 1. The fraction of sp³-hybridized carbons (Fsp3) is 0.333. The molecule has 1 rings (SSSR count). The van der Waals surface area contributed by atoms with Crippen LogP contribution >= 0.6 is 0 Å². The number of pyridine rings is 1. The van der Waals surface area contributed by atoms with Gasteiger partial charge >= 0.3 is 0 Å². The summed E-state index contributed by atoms with van der Waals surface area (Å²) in [5.41, 5.74) is 1.55. The van der Waals surface area contributed by atoms with Gasteiger partial charge in [-0.25, -0.2) is 0 Å². The van der Waals surface area contributed by atoms with Crippen molar-refractivity contribution in [2.45, 2.75) is 20.3 Å². The van der Waals surface area contributed by atoms with Crippen LogP contribution in [0.5, 0.6) is 0 Å². The number of hydrogen-bond acceptors (Lipinski definition) is 2. The molecule has 3 heteroatoms. The monoisotopic (exact) mass is 162 g/mol. The van der Waals surface area contributed by atoms with E-state index in [4.69, 9.17) is 5.26 Å². The molecule has 12 heavy (non-hydrogen) atoms. The highest BCUT2D eigenvalue weighted by Gasteiger charge is 2.03. The van der Waals surface area contributed by atoms with Gasteiger partial charge in [0, 0.05) is 5.69 Å². The van der Waals surface area contributed by atoms with Crippen molar-refractivity contribution >= 4 is 0 Å². The fourth-order valence-corrected chi connectivity index (χ4v) is 1.09. The highest BCUT2D eigenvalue weighted by molar-refractivity contribution is 5.35. The number of H-pyrrole nitrogens is 1. The highest BCUT2D eigenvalue weighted by atomic mass is 16.1. The van der Waals surface area contributed by atoms with Crippen molar-refractivity contribution in [1.29, 1.82) is 5.26 Å². The van der Waals surface area contributed by atoms with E-state index in [2.05, 4.69) is 4.98 Å². The standard InChI is InChI=1S/C9H10N2O/c1-3-7-4-6(2)8(5-10)9(12)11-7/h4H,3H2,1-2H3,(H,11,12). The van der Waals surface area contributed by atoms with Gasteiger partial charge in [0.25, 0.3) is 5.56 Å². The lowest BCUT2D eigenvalue weighted by Crippen LogP contribution is -2.13. The van der Waals surface area contributed by atoms with E-state index in [1.165, 1.54) is 0 Å². The van der Waals surface area contributed by atoms with Gasteiger partial charge in [0.15, 0.2) is 0 Å². The van der Waals surface area contributed by atoms with Crippen LogP contribution in [-0.2, 0) is 6.42 Å². The molecule has 0 aliphatic heterocycles. The van der Waals surface area contributed by atoms with Gasteiger partial charge in [-0.3, -0.25) is 4.79 Å². The first kappa shape index (κ1) is 8.54. The summed E-state index contributed by atoms with van der Waals surface area (Å²) in [5.74, 6) is 0. The summed E-state index contributed by atoms with van der Waals surface area (Å²) >= 11 is 0. The Morgan fingerprint density at radius 1 is 1.67 bits per heavy atom. The van der Waals surface area contributed by atoms with Crippen LogP contribution in [0.4, 0.5) is 0 Å². The third kappa shape index (κ3) is 1.37. The third-order valence-corrected chi connectivity index (χ3v) is 1.78. The minimum absolute atomic E-state index is 0.215. The Balaban J connectivity index is 3.41. The third-order valence-electron chi connectivity index (χ3n) is 1.78. The molecule has 0 fully saturated rings. The largest absolute Gasteiger partial charge is 0.325 e. The molecule has 0 amide bonds. The van der Waals surface area contributed by atoms with E-state index in [-0.39, 0.29) is 11.1 Å². The van der Waals surface area contributed by atoms with Crippen molar-refractivity contribution < 1.29 is 0 Å². The Kier molecular flexibility index (Phi) is 2.29. The van der Waals surface area contributed by atoms with E-state index in [1.54, 1.807) is 6.92 Å². The summed E-state index contributed by atoms with van der Waals surface area (Å²) in [6.07, 6.45) is 0.780.